The lowest BCUT2D eigenvalue weighted by Gasteiger charge is -2.32. The van der Waals surface area contributed by atoms with Crippen LogP contribution in [-0.2, 0) is 11.3 Å². The summed E-state index contributed by atoms with van der Waals surface area (Å²) in [5.74, 6) is -0.166. The third kappa shape index (κ3) is 3.35. The molecule has 0 spiro atoms. The van der Waals surface area contributed by atoms with Crippen LogP contribution in [0, 0.1) is 0 Å². The van der Waals surface area contributed by atoms with Crippen molar-refractivity contribution in [1.29, 1.82) is 0 Å². The minimum atomic E-state index is -0.429. The fourth-order valence-electron chi connectivity index (χ4n) is 3.09. The topological polar surface area (TPSA) is 84.9 Å². The van der Waals surface area contributed by atoms with E-state index < -0.39 is 5.43 Å². The molecule has 0 aromatic carbocycles. The maximum Gasteiger partial charge on any atom is 0.354 e. The summed E-state index contributed by atoms with van der Waals surface area (Å²) in [6.07, 6.45) is 4.76. The Morgan fingerprint density at radius 1 is 1.42 bits per heavy atom. The number of piperidine rings is 1. The van der Waals surface area contributed by atoms with E-state index >= 15 is 0 Å². The number of hydrogen-bond acceptors (Lipinski definition) is 6. The van der Waals surface area contributed by atoms with Gasteiger partial charge in [0.1, 0.15) is 17.7 Å². The Balaban J connectivity index is 1.62. The van der Waals surface area contributed by atoms with Crippen LogP contribution in [0.1, 0.15) is 35.1 Å². The van der Waals surface area contributed by atoms with Crippen molar-refractivity contribution in [3.05, 3.63) is 52.3 Å². The number of aromatic nitrogens is 1. The summed E-state index contributed by atoms with van der Waals surface area (Å²) in [5.41, 5.74) is 0.140. The molecular weight excluding hydrogens is 312 g/mol. The van der Waals surface area contributed by atoms with Crippen LogP contribution >= 0.6 is 0 Å². The number of ether oxygens (including phenoxy) is 1. The zero-order chi connectivity index (χ0) is 17.1. The predicted octanol–water partition coefficient (Wildman–Crippen LogP) is 1.77. The molecule has 1 aliphatic heterocycles. The highest BCUT2D eigenvalue weighted by atomic mass is 16.5. The van der Waals surface area contributed by atoms with Gasteiger partial charge in [-0.05, 0) is 25.0 Å². The van der Waals surface area contributed by atoms with Gasteiger partial charge in [-0.2, -0.15) is 0 Å². The van der Waals surface area contributed by atoms with Gasteiger partial charge in [0.05, 0.1) is 13.7 Å². The van der Waals surface area contributed by atoms with Crippen LogP contribution in [0.25, 0.3) is 0 Å². The zero-order valence-electron chi connectivity index (χ0n) is 13.5. The molecule has 3 heterocycles. The van der Waals surface area contributed by atoms with E-state index in [-0.39, 0.29) is 17.8 Å². The maximum atomic E-state index is 11.8. The standard InChI is InChI=1S/C17H20N2O5/c1-23-17(22)14-3-2-6-19(14)12-4-7-18(8-5-12)10-13-9-15(20)16(21)11-24-13/h2-3,6,9,11-12,21H,4-5,7-8,10H2,1H3. The van der Waals surface area contributed by atoms with Gasteiger partial charge in [-0.15, -0.1) is 0 Å². The molecule has 7 nitrogen and oxygen atoms in total. The first-order valence-electron chi connectivity index (χ1n) is 7.86. The molecule has 0 aliphatic carbocycles. The molecule has 0 radical (unpaired) electrons. The molecule has 128 valence electrons. The molecule has 0 atom stereocenters. The fourth-order valence-corrected chi connectivity index (χ4v) is 3.09. The van der Waals surface area contributed by atoms with Crippen molar-refractivity contribution in [2.24, 2.45) is 0 Å². The average molecular weight is 332 g/mol. The zero-order valence-corrected chi connectivity index (χ0v) is 13.5. The van der Waals surface area contributed by atoms with E-state index in [9.17, 15) is 14.7 Å². The van der Waals surface area contributed by atoms with E-state index in [1.165, 1.54) is 13.2 Å². The molecule has 0 unspecified atom stereocenters. The summed E-state index contributed by atoms with van der Waals surface area (Å²) in [4.78, 5) is 25.4. The summed E-state index contributed by atoms with van der Waals surface area (Å²) in [6, 6.07) is 5.19. The van der Waals surface area contributed by atoms with Crippen LogP contribution in [0.5, 0.6) is 5.75 Å². The minimum absolute atomic E-state index is 0.247. The summed E-state index contributed by atoms with van der Waals surface area (Å²) in [5, 5.41) is 9.22. The smallest absolute Gasteiger partial charge is 0.354 e. The number of likely N-dealkylation sites (tertiary alicyclic amines) is 1. The summed E-state index contributed by atoms with van der Waals surface area (Å²) >= 11 is 0. The lowest BCUT2D eigenvalue weighted by atomic mass is 10.0. The molecule has 24 heavy (non-hydrogen) atoms. The molecular formula is C17H20N2O5. The first kappa shape index (κ1) is 16.3. The molecule has 1 fully saturated rings. The number of esters is 1. The highest BCUT2D eigenvalue weighted by Crippen LogP contribution is 2.25. The Bertz CT molecular complexity index is 771. The van der Waals surface area contributed by atoms with Crippen LogP contribution in [0.3, 0.4) is 0 Å². The third-order valence-electron chi connectivity index (χ3n) is 4.37. The second kappa shape index (κ2) is 6.92. The largest absolute Gasteiger partial charge is 0.502 e. The van der Waals surface area contributed by atoms with Crippen LogP contribution < -0.4 is 5.43 Å². The van der Waals surface area contributed by atoms with Gasteiger partial charge in [-0.3, -0.25) is 9.69 Å². The van der Waals surface area contributed by atoms with Gasteiger partial charge in [0.15, 0.2) is 5.75 Å². The molecule has 2 aromatic rings. The number of carbonyl (C=O) groups is 1. The number of carbonyl (C=O) groups excluding carboxylic acids is 1. The molecule has 0 saturated carbocycles. The Labute approximate surface area is 139 Å². The number of aromatic hydroxyl groups is 1. The number of nitrogens with zero attached hydrogens (tertiary/aromatic N) is 2. The monoisotopic (exact) mass is 332 g/mol. The van der Waals surface area contributed by atoms with Crippen LogP contribution in [0.15, 0.2) is 39.9 Å². The van der Waals surface area contributed by atoms with E-state index in [2.05, 4.69) is 4.90 Å². The van der Waals surface area contributed by atoms with Gasteiger partial charge in [-0.25, -0.2) is 4.79 Å². The molecule has 1 saturated heterocycles. The highest BCUT2D eigenvalue weighted by Gasteiger charge is 2.24. The predicted molar refractivity (Wildman–Crippen MR) is 86.0 cm³/mol. The molecule has 3 rings (SSSR count). The van der Waals surface area contributed by atoms with Crippen molar-refractivity contribution >= 4 is 5.97 Å². The van der Waals surface area contributed by atoms with E-state index in [0.717, 1.165) is 32.2 Å². The first-order chi connectivity index (χ1) is 11.6. The second-order valence-corrected chi connectivity index (χ2v) is 5.90. The van der Waals surface area contributed by atoms with Gasteiger partial charge >= 0.3 is 5.97 Å². The van der Waals surface area contributed by atoms with Crippen molar-refractivity contribution in [1.82, 2.24) is 9.47 Å². The van der Waals surface area contributed by atoms with Gasteiger partial charge in [0.2, 0.25) is 5.43 Å². The maximum absolute atomic E-state index is 11.8. The van der Waals surface area contributed by atoms with E-state index in [1.54, 1.807) is 6.07 Å². The van der Waals surface area contributed by atoms with Gasteiger partial charge in [-0.1, -0.05) is 0 Å². The molecule has 1 N–H and O–H groups in total. The van der Waals surface area contributed by atoms with Crippen molar-refractivity contribution in [2.75, 3.05) is 20.2 Å². The van der Waals surface area contributed by atoms with E-state index in [1.807, 2.05) is 16.8 Å². The summed E-state index contributed by atoms with van der Waals surface area (Å²) in [6.45, 7) is 2.18. The Hall–Kier alpha value is -2.54. The number of rotatable bonds is 4. The van der Waals surface area contributed by atoms with Crippen molar-refractivity contribution < 1.29 is 19.1 Å². The van der Waals surface area contributed by atoms with Crippen LogP contribution in [0.4, 0.5) is 0 Å². The Morgan fingerprint density at radius 2 is 2.17 bits per heavy atom. The molecule has 0 amide bonds. The Kier molecular flexibility index (Phi) is 4.71. The van der Waals surface area contributed by atoms with Crippen molar-refractivity contribution in [3.63, 3.8) is 0 Å². The fraction of sp³-hybridized carbons (Fsp3) is 0.412. The SMILES string of the molecule is COC(=O)c1cccn1C1CCN(Cc2cc(=O)c(O)co2)CC1. The molecule has 2 aromatic heterocycles. The normalized spacial score (nSPS) is 16.2. The number of methoxy groups -OCH3 is 1. The number of hydrogen-bond donors (Lipinski definition) is 1. The van der Waals surface area contributed by atoms with Crippen LogP contribution in [0.2, 0.25) is 0 Å². The molecule has 1 aliphatic rings. The summed E-state index contributed by atoms with van der Waals surface area (Å²) in [7, 11) is 1.38. The highest BCUT2D eigenvalue weighted by molar-refractivity contribution is 5.87. The van der Waals surface area contributed by atoms with Gasteiger partial charge < -0.3 is 18.8 Å². The third-order valence-corrected chi connectivity index (χ3v) is 4.37. The van der Waals surface area contributed by atoms with Crippen molar-refractivity contribution in [3.8, 4) is 5.75 Å². The minimum Gasteiger partial charge on any atom is -0.502 e. The molecule has 7 heteroatoms. The van der Waals surface area contributed by atoms with Crippen LogP contribution in [-0.4, -0.2) is 40.7 Å². The summed E-state index contributed by atoms with van der Waals surface area (Å²) < 4.78 is 12.0. The van der Waals surface area contributed by atoms with E-state index in [4.69, 9.17) is 9.15 Å². The molecule has 0 bridgehead atoms. The first-order valence-corrected chi connectivity index (χ1v) is 7.86. The second-order valence-electron chi connectivity index (χ2n) is 5.90. The Morgan fingerprint density at radius 3 is 2.83 bits per heavy atom. The lowest BCUT2D eigenvalue weighted by molar-refractivity contribution is 0.0581. The lowest BCUT2D eigenvalue weighted by Crippen LogP contribution is -2.34. The van der Waals surface area contributed by atoms with Gasteiger partial charge in [0, 0.05) is 31.4 Å². The van der Waals surface area contributed by atoms with Gasteiger partial charge in [0.25, 0.3) is 0 Å². The van der Waals surface area contributed by atoms with E-state index in [0.29, 0.717) is 18.0 Å². The quantitative estimate of drug-likeness (QED) is 0.859. The average Bonchev–Trinajstić information content (AvgIpc) is 3.08. The van der Waals surface area contributed by atoms with Crippen molar-refractivity contribution in [2.45, 2.75) is 25.4 Å².